The molecule has 0 atom stereocenters. The first-order chi connectivity index (χ1) is 7.65. The summed E-state index contributed by atoms with van der Waals surface area (Å²) in [5.74, 6) is 2.18. The van der Waals surface area contributed by atoms with Gasteiger partial charge < -0.3 is 10.0 Å². The first-order valence-corrected chi connectivity index (χ1v) is 4.65. The van der Waals surface area contributed by atoms with Crippen LogP contribution in [0.25, 0.3) is 6.08 Å². The topological polar surface area (TPSA) is 53.4 Å². The van der Waals surface area contributed by atoms with E-state index in [0.29, 0.717) is 12.4 Å². The van der Waals surface area contributed by atoms with Gasteiger partial charge in [-0.2, -0.15) is 0 Å². The van der Waals surface area contributed by atoms with Crippen LogP contribution in [0.3, 0.4) is 0 Å². The minimum Gasteiger partial charge on any atom is -0.478 e. The van der Waals surface area contributed by atoms with Gasteiger partial charge in [0, 0.05) is 24.9 Å². The molecule has 0 unspecified atom stereocenters. The lowest BCUT2D eigenvalue weighted by molar-refractivity contribution is -0.131. The van der Waals surface area contributed by atoms with Crippen LogP contribution in [0.5, 0.6) is 0 Å². The highest BCUT2D eigenvalue weighted by atomic mass is 16.4. The standard InChI is InChI=1S/C12H12N2O2/c1-3-9-14(2)12-10(5-4-8-13-12)6-7-11(15)16/h1,4-8H,9H2,2H3,(H,15,16)/b7-6+. The van der Waals surface area contributed by atoms with Gasteiger partial charge in [0.2, 0.25) is 0 Å². The highest BCUT2D eigenvalue weighted by molar-refractivity contribution is 5.86. The summed E-state index contributed by atoms with van der Waals surface area (Å²) < 4.78 is 0. The van der Waals surface area contributed by atoms with Crippen molar-refractivity contribution in [1.82, 2.24) is 4.98 Å². The van der Waals surface area contributed by atoms with Gasteiger partial charge in [0.05, 0.1) is 6.54 Å². The van der Waals surface area contributed by atoms with Gasteiger partial charge in [0.25, 0.3) is 0 Å². The molecule has 1 aromatic rings. The minimum absolute atomic E-state index is 0.422. The molecular formula is C12H12N2O2. The number of pyridine rings is 1. The van der Waals surface area contributed by atoms with E-state index in [9.17, 15) is 4.79 Å². The molecule has 0 saturated heterocycles. The number of hydrogen-bond donors (Lipinski definition) is 1. The van der Waals surface area contributed by atoms with Gasteiger partial charge in [0.1, 0.15) is 5.82 Å². The van der Waals surface area contributed by atoms with Gasteiger partial charge in [-0.1, -0.05) is 5.92 Å². The molecule has 1 rings (SSSR count). The summed E-state index contributed by atoms with van der Waals surface area (Å²) in [5.41, 5.74) is 0.725. The van der Waals surface area contributed by atoms with Crippen LogP contribution >= 0.6 is 0 Å². The molecule has 0 aliphatic rings. The van der Waals surface area contributed by atoms with Crippen LogP contribution in [0.4, 0.5) is 5.82 Å². The molecule has 0 aliphatic heterocycles. The highest BCUT2D eigenvalue weighted by Gasteiger charge is 2.05. The number of rotatable bonds is 4. The summed E-state index contributed by atoms with van der Waals surface area (Å²) in [6.45, 7) is 0.422. The normalized spacial score (nSPS) is 10.0. The second kappa shape index (κ2) is 5.56. The van der Waals surface area contributed by atoms with E-state index in [2.05, 4.69) is 10.9 Å². The van der Waals surface area contributed by atoms with E-state index in [1.54, 1.807) is 30.3 Å². The molecule has 0 radical (unpaired) electrons. The largest absolute Gasteiger partial charge is 0.478 e. The molecule has 0 aromatic carbocycles. The molecule has 82 valence electrons. The third-order valence-electron chi connectivity index (χ3n) is 1.91. The smallest absolute Gasteiger partial charge is 0.328 e. The Labute approximate surface area is 94.2 Å². The van der Waals surface area contributed by atoms with Crippen LogP contribution in [-0.4, -0.2) is 29.7 Å². The van der Waals surface area contributed by atoms with Crippen molar-refractivity contribution in [2.24, 2.45) is 0 Å². The van der Waals surface area contributed by atoms with E-state index >= 15 is 0 Å². The lowest BCUT2D eigenvalue weighted by Crippen LogP contribution is -2.19. The molecule has 4 nitrogen and oxygen atoms in total. The second-order valence-electron chi connectivity index (χ2n) is 3.15. The molecule has 0 spiro atoms. The third kappa shape index (κ3) is 3.14. The Morgan fingerprint density at radius 3 is 3.12 bits per heavy atom. The summed E-state index contributed by atoms with van der Waals surface area (Å²) in [6.07, 6.45) is 9.42. The van der Waals surface area contributed by atoms with E-state index in [0.717, 1.165) is 11.6 Å². The van der Waals surface area contributed by atoms with E-state index in [4.69, 9.17) is 11.5 Å². The number of aliphatic carboxylic acids is 1. The van der Waals surface area contributed by atoms with E-state index in [1.807, 2.05) is 0 Å². The molecule has 0 fully saturated rings. The van der Waals surface area contributed by atoms with Crippen molar-refractivity contribution in [2.45, 2.75) is 0 Å². The maximum Gasteiger partial charge on any atom is 0.328 e. The van der Waals surface area contributed by atoms with E-state index in [1.165, 1.54) is 6.08 Å². The van der Waals surface area contributed by atoms with Crippen molar-refractivity contribution in [1.29, 1.82) is 0 Å². The summed E-state index contributed by atoms with van der Waals surface area (Å²) in [6, 6.07) is 3.53. The molecule has 1 N–H and O–H groups in total. The molecule has 4 heteroatoms. The Morgan fingerprint density at radius 1 is 1.75 bits per heavy atom. The van der Waals surface area contributed by atoms with Crippen LogP contribution in [0, 0.1) is 12.3 Å². The van der Waals surface area contributed by atoms with Crippen LogP contribution in [0.2, 0.25) is 0 Å². The van der Waals surface area contributed by atoms with Gasteiger partial charge in [-0.05, 0) is 18.2 Å². The van der Waals surface area contributed by atoms with Gasteiger partial charge in [0.15, 0.2) is 0 Å². The molecule has 0 aliphatic carbocycles. The zero-order valence-corrected chi connectivity index (χ0v) is 8.92. The Morgan fingerprint density at radius 2 is 2.50 bits per heavy atom. The molecule has 0 bridgehead atoms. The van der Waals surface area contributed by atoms with Gasteiger partial charge in [-0.25, -0.2) is 9.78 Å². The zero-order valence-electron chi connectivity index (χ0n) is 8.92. The van der Waals surface area contributed by atoms with Crippen LogP contribution in [0.1, 0.15) is 5.56 Å². The maximum absolute atomic E-state index is 10.4. The quantitative estimate of drug-likeness (QED) is 0.608. The fourth-order valence-electron chi connectivity index (χ4n) is 1.23. The third-order valence-corrected chi connectivity index (χ3v) is 1.91. The lowest BCUT2D eigenvalue weighted by Gasteiger charge is -2.16. The Balaban J connectivity index is 3.01. The fourth-order valence-corrected chi connectivity index (χ4v) is 1.23. The van der Waals surface area contributed by atoms with Crippen LogP contribution < -0.4 is 4.90 Å². The van der Waals surface area contributed by atoms with Crippen LogP contribution in [0.15, 0.2) is 24.4 Å². The zero-order chi connectivity index (χ0) is 12.0. The first-order valence-electron chi connectivity index (χ1n) is 4.65. The lowest BCUT2D eigenvalue weighted by atomic mass is 10.2. The molecule has 0 amide bonds. The van der Waals surface area contributed by atoms with Crippen molar-refractivity contribution >= 4 is 17.9 Å². The van der Waals surface area contributed by atoms with Gasteiger partial charge in [-0.15, -0.1) is 6.42 Å². The first kappa shape index (κ1) is 11.8. The SMILES string of the molecule is C#CCN(C)c1ncccc1/C=C/C(=O)O. The van der Waals surface area contributed by atoms with Crippen molar-refractivity contribution in [3.8, 4) is 12.3 Å². The average molecular weight is 216 g/mol. The monoisotopic (exact) mass is 216 g/mol. The minimum atomic E-state index is -0.991. The molecule has 0 saturated carbocycles. The van der Waals surface area contributed by atoms with Crippen molar-refractivity contribution in [3.05, 3.63) is 30.0 Å². The number of carboxylic acids is 1. The van der Waals surface area contributed by atoms with E-state index in [-0.39, 0.29) is 0 Å². The number of anilines is 1. The number of aromatic nitrogens is 1. The number of terminal acetylenes is 1. The van der Waals surface area contributed by atoms with E-state index < -0.39 is 5.97 Å². The van der Waals surface area contributed by atoms with Crippen molar-refractivity contribution in [2.75, 3.05) is 18.5 Å². The maximum atomic E-state index is 10.4. The molecule has 1 heterocycles. The summed E-state index contributed by atoms with van der Waals surface area (Å²) in [5, 5.41) is 8.55. The van der Waals surface area contributed by atoms with Crippen LogP contribution in [-0.2, 0) is 4.79 Å². The fraction of sp³-hybridized carbons (Fsp3) is 0.167. The molecule has 1 aromatic heterocycles. The summed E-state index contributed by atoms with van der Waals surface area (Å²) in [4.78, 5) is 16.4. The Kier molecular flexibility index (Phi) is 4.10. The molecule has 16 heavy (non-hydrogen) atoms. The second-order valence-corrected chi connectivity index (χ2v) is 3.15. The number of nitrogens with zero attached hydrogens (tertiary/aromatic N) is 2. The van der Waals surface area contributed by atoms with Gasteiger partial charge in [-0.3, -0.25) is 0 Å². The summed E-state index contributed by atoms with van der Waals surface area (Å²) >= 11 is 0. The number of carboxylic acid groups (broad SMARTS) is 1. The predicted octanol–water partition coefficient (Wildman–Crippen LogP) is 1.25. The number of carbonyl (C=O) groups is 1. The van der Waals surface area contributed by atoms with Crippen molar-refractivity contribution in [3.63, 3.8) is 0 Å². The summed E-state index contributed by atoms with van der Waals surface area (Å²) in [7, 11) is 1.81. The Hall–Kier alpha value is -2.28. The molecular weight excluding hydrogens is 204 g/mol. The Bertz CT molecular complexity index is 447. The number of hydrogen-bond acceptors (Lipinski definition) is 3. The van der Waals surface area contributed by atoms with Crippen molar-refractivity contribution < 1.29 is 9.90 Å². The average Bonchev–Trinajstić information content (AvgIpc) is 2.27. The highest BCUT2D eigenvalue weighted by Crippen LogP contribution is 2.16. The van der Waals surface area contributed by atoms with Gasteiger partial charge >= 0.3 is 5.97 Å². The predicted molar refractivity (Wildman–Crippen MR) is 63.0 cm³/mol.